The summed E-state index contributed by atoms with van der Waals surface area (Å²) in [5.74, 6) is -0.437. The van der Waals surface area contributed by atoms with Crippen LogP contribution in [0, 0.1) is 0 Å². The van der Waals surface area contributed by atoms with Crippen LogP contribution >= 0.6 is 11.6 Å². The Kier molecular flexibility index (Phi) is 6.02. The van der Waals surface area contributed by atoms with Crippen molar-refractivity contribution in [2.24, 2.45) is 0 Å². The number of rotatable bonds is 4. The number of hydrogen-bond donors (Lipinski definition) is 0. The van der Waals surface area contributed by atoms with Crippen LogP contribution in [0.1, 0.15) is 17.3 Å². The summed E-state index contributed by atoms with van der Waals surface area (Å²) in [5, 5.41) is 0.512. The van der Waals surface area contributed by atoms with Crippen molar-refractivity contribution in [1.29, 1.82) is 0 Å². The molecular weight excluding hydrogens is 404 g/mol. The average molecular weight is 423 g/mol. The van der Waals surface area contributed by atoms with Crippen LogP contribution in [0.15, 0.2) is 53.4 Å². The first-order valence-electron chi connectivity index (χ1n) is 8.61. The molecule has 148 valence electrons. The summed E-state index contributed by atoms with van der Waals surface area (Å²) in [4.78, 5) is 25.4. The molecule has 28 heavy (non-hydrogen) atoms. The number of benzene rings is 2. The van der Waals surface area contributed by atoms with E-state index in [0.717, 1.165) is 0 Å². The summed E-state index contributed by atoms with van der Waals surface area (Å²) >= 11 is 5.80. The normalized spacial score (nSPS) is 15.3. The minimum atomic E-state index is -3.78. The van der Waals surface area contributed by atoms with Crippen molar-refractivity contribution in [2.75, 3.05) is 26.2 Å². The monoisotopic (exact) mass is 422 g/mol. The predicted octanol–water partition coefficient (Wildman–Crippen LogP) is 2.41. The Morgan fingerprint density at radius 2 is 1.64 bits per heavy atom. The quantitative estimate of drug-likeness (QED) is 0.558. The maximum atomic E-state index is 12.9. The molecule has 0 radical (unpaired) electrons. The Balaban J connectivity index is 1.75. The van der Waals surface area contributed by atoms with E-state index < -0.39 is 16.0 Å². The predicted molar refractivity (Wildman–Crippen MR) is 104 cm³/mol. The molecule has 0 aromatic heterocycles. The molecule has 0 saturated carbocycles. The number of amides is 1. The lowest BCUT2D eigenvalue weighted by molar-refractivity contribution is -0.129. The minimum absolute atomic E-state index is 0.00864. The van der Waals surface area contributed by atoms with Crippen LogP contribution in [0.4, 0.5) is 0 Å². The van der Waals surface area contributed by atoms with Gasteiger partial charge in [-0.15, -0.1) is 0 Å². The van der Waals surface area contributed by atoms with E-state index in [2.05, 4.69) is 0 Å². The number of carbonyl (C=O) groups excluding carboxylic acids is 2. The van der Waals surface area contributed by atoms with Gasteiger partial charge in [0.05, 0.1) is 10.5 Å². The maximum absolute atomic E-state index is 12.9. The van der Waals surface area contributed by atoms with Crippen LogP contribution in [-0.2, 0) is 14.8 Å². The maximum Gasteiger partial charge on any atom is 0.343 e. The summed E-state index contributed by atoms with van der Waals surface area (Å²) in [5.41, 5.74) is 0.124. The molecule has 3 rings (SSSR count). The highest BCUT2D eigenvalue weighted by molar-refractivity contribution is 7.89. The first-order chi connectivity index (χ1) is 13.3. The van der Waals surface area contributed by atoms with Crippen LogP contribution in [-0.4, -0.2) is 55.7 Å². The third-order valence-corrected chi connectivity index (χ3v) is 6.56. The smallest absolute Gasteiger partial charge is 0.343 e. The molecule has 1 aliphatic heterocycles. The van der Waals surface area contributed by atoms with E-state index >= 15 is 0 Å². The van der Waals surface area contributed by atoms with Crippen molar-refractivity contribution in [3.63, 3.8) is 0 Å². The zero-order valence-electron chi connectivity index (χ0n) is 15.2. The highest BCUT2D eigenvalue weighted by atomic mass is 35.5. The summed E-state index contributed by atoms with van der Waals surface area (Å²) in [6, 6.07) is 12.0. The number of nitrogens with zero attached hydrogens (tertiary/aromatic N) is 2. The molecular formula is C19H19ClN2O5S. The molecule has 0 unspecified atom stereocenters. The van der Waals surface area contributed by atoms with Gasteiger partial charge in [-0.3, -0.25) is 4.79 Å². The van der Waals surface area contributed by atoms with Crippen LogP contribution in [0.5, 0.6) is 5.75 Å². The minimum Gasteiger partial charge on any atom is -0.423 e. The van der Waals surface area contributed by atoms with Gasteiger partial charge in [0.2, 0.25) is 15.9 Å². The van der Waals surface area contributed by atoms with Crippen molar-refractivity contribution in [3.05, 3.63) is 59.1 Å². The number of ether oxygens (including phenoxy) is 1. The molecule has 1 amide bonds. The van der Waals surface area contributed by atoms with Gasteiger partial charge >= 0.3 is 5.97 Å². The Bertz CT molecular complexity index is 984. The third-order valence-electron chi connectivity index (χ3n) is 4.42. The van der Waals surface area contributed by atoms with Gasteiger partial charge in [0.15, 0.2) is 0 Å². The molecule has 1 fully saturated rings. The lowest BCUT2D eigenvalue weighted by Crippen LogP contribution is -2.49. The Labute approximate surface area is 168 Å². The van der Waals surface area contributed by atoms with E-state index in [4.69, 9.17) is 16.3 Å². The second-order valence-corrected chi connectivity index (χ2v) is 8.66. The van der Waals surface area contributed by atoms with Crippen molar-refractivity contribution >= 4 is 33.5 Å². The lowest BCUT2D eigenvalue weighted by atomic mass is 10.2. The first kappa shape index (κ1) is 20.3. The van der Waals surface area contributed by atoms with Crippen LogP contribution in [0.3, 0.4) is 0 Å². The molecule has 0 atom stereocenters. The van der Waals surface area contributed by atoms with Crippen molar-refractivity contribution < 1.29 is 22.7 Å². The SMILES string of the molecule is CC(=O)N1CCN(S(=O)(=O)c2cccc(C(=O)Oc3ccc(Cl)cc3)c2)CC1. The Morgan fingerprint density at radius 1 is 1.00 bits per heavy atom. The second-order valence-electron chi connectivity index (χ2n) is 6.28. The largest absolute Gasteiger partial charge is 0.423 e. The van der Waals surface area contributed by atoms with Gasteiger partial charge in [0.25, 0.3) is 0 Å². The highest BCUT2D eigenvalue weighted by Gasteiger charge is 2.29. The Hall–Kier alpha value is -2.42. The molecule has 0 aliphatic carbocycles. The fourth-order valence-electron chi connectivity index (χ4n) is 2.84. The lowest BCUT2D eigenvalue weighted by Gasteiger charge is -2.33. The molecule has 1 saturated heterocycles. The first-order valence-corrected chi connectivity index (χ1v) is 10.4. The van der Waals surface area contributed by atoms with Crippen LogP contribution < -0.4 is 4.74 Å². The molecule has 2 aromatic carbocycles. The molecule has 9 heteroatoms. The summed E-state index contributed by atoms with van der Waals surface area (Å²) in [6.45, 7) is 2.56. The van der Waals surface area contributed by atoms with Crippen molar-refractivity contribution in [1.82, 2.24) is 9.21 Å². The number of hydrogen-bond acceptors (Lipinski definition) is 5. The number of carbonyl (C=O) groups is 2. The van der Waals surface area contributed by atoms with Gasteiger partial charge in [-0.2, -0.15) is 4.31 Å². The zero-order chi connectivity index (χ0) is 20.3. The van der Waals surface area contributed by atoms with Gasteiger partial charge in [-0.1, -0.05) is 17.7 Å². The number of halogens is 1. The van der Waals surface area contributed by atoms with E-state index in [1.807, 2.05) is 0 Å². The van der Waals surface area contributed by atoms with Crippen LogP contribution in [0.25, 0.3) is 0 Å². The van der Waals surface area contributed by atoms with E-state index in [9.17, 15) is 18.0 Å². The van der Waals surface area contributed by atoms with E-state index in [-0.39, 0.29) is 29.5 Å². The van der Waals surface area contributed by atoms with Gasteiger partial charge < -0.3 is 9.64 Å². The molecule has 1 aliphatic rings. The summed E-state index contributed by atoms with van der Waals surface area (Å²) in [6.07, 6.45) is 0. The van der Waals surface area contributed by atoms with Gasteiger partial charge in [-0.05, 0) is 42.5 Å². The van der Waals surface area contributed by atoms with E-state index in [1.54, 1.807) is 29.2 Å². The number of piperazine rings is 1. The standard InChI is InChI=1S/C19H19ClN2O5S/c1-14(23)21-9-11-22(12-10-21)28(25,26)18-4-2-3-15(13-18)19(24)27-17-7-5-16(20)6-8-17/h2-8,13H,9-12H2,1H3. The summed E-state index contributed by atoms with van der Waals surface area (Å²) in [7, 11) is -3.78. The van der Waals surface area contributed by atoms with Gasteiger partial charge in [0.1, 0.15) is 5.75 Å². The van der Waals surface area contributed by atoms with Gasteiger partial charge in [0, 0.05) is 38.1 Å². The molecule has 2 aromatic rings. The highest BCUT2D eigenvalue weighted by Crippen LogP contribution is 2.21. The fraction of sp³-hybridized carbons (Fsp3) is 0.263. The van der Waals surface area contributed by atoms with Gasteiger partial charge in [-0.25, -0.2) is 13.2 Å². The number of esters is 1. The van der Waals surface area contributed by atoms with Crippen LogP contribution in [0.2, 0.25) is 5.02 Å². The summed E-state index contributed by atoms with van der Waals surface area (Å²) < 4.78 is 32.4. The molecule has 0 spiro atoms. The molecule has 7 nitrogen and oxygen atoms in total. The topological polar surface area (TPSA) is 84.0 Å². The molecule has 0 bridgehead atoms. The van der Waals surface area contributed by atoms with Crippen molar-refractivity contribution in [3.8, 4) is 5.75 Å². The van der Waals surface area contributed by atoms with E-state index in [0.29, 0.717) is 23.9 Å². The average Bonchev–Trinajstić information content (AvgIpc) is 2.70. The number of sulfonamides is 1. The third kappa shape index (κ3) is 4.52. The molecule has 1 heterocycles. The zero-order valence-corrected chi connectivity index (χ0v) is 16.7. The Morgan fingerprint density at radius 3 is 2.25 bits per heavy atom. The van der Waals surface area contributed by atoms with Crippen molar-refractivity contribution in [2.45, 2.75) is 11.8 Å². The van der Waals surface area contributed by atoms with E-state index in [1.165, 1.54) is 35.5 Å². The molecule has 0 N–H and O–H groups in total. The fourth-order valence-corrected chi connectivity index (χ4v) is 4.44. The second kappa shape index (κ2) is 8.30.